The second-order valence-corrected chi connectivity index (χ2v) is 8.50. The second-order valence-electron chi connectivity index (χ2n) is 7.42. The van der Waals surface area contributed by atoms with E-state index in [0.717, 1.165) is 21.7 Å². The van der Waals surface area contributed by atoms with Crippen LogP contribution in [0.4, 0.5) is 11.4 Å². The summed E-state index contributed by atoms with van der Waals surface area (Å²) in [6, 6.07) is 22.4. The molecule has 1 N–H and O–H groups in total. The first-order valence-corrected chi connectivity index (χ1v) is 11.2. The molecule has 6 heteroatoms. The zero-order chi connectivity index (χ0) is 22.7. The average Bonchev–Trinajstić information content (AvgIpc) is 3.02. The molecule has 0 saturated heterocycles. The second kappa shape index (κ2) is 9.32. The lowest BCUT2D eigenvalue weighted by Gasteiger charge is -2.16. The predicted octanol–water partition coefficient (Wildman–Crippen LogP) is 5.69. The monoisotopic (exact) mass is 444 g/mol. The van der Waals surface area contributed by atoms with E-state index in [-0.39, 0.29) is 17.5 Å². The van der Waals surface area contributed by atoms with Gasteiger partial charge in [0.1, 0.15) is 16.4 Å². The Bertz CT molecular complexity index is 1190. The van der Waals surface area contributed by atoms with Crippen LogP contribution in [0, 0.1) is 13.8 Å². The minimum Gasteiger partial charge on any atom is -0.494 e. The summed E-state index contributed by atoms with van der Waals surface area (Å²) in [6.07, 6.45) is 0. The first kappa shape index (κ1) is 21.7. The molecular formula is C26H24N2O3S. The predicted molar refractivity (Wildman–Crippen MR) is 129 cm³/mol. The van der Waals surface area contributed by atoms with Gasteiger partial charge in [-0.05, 0) is 80.4 Å². The Morgan fingerprint density at radius 1 is 0.875 bits per heavy atom. The van der Waals surface area contributed by atoms with Crippen LogP contribution in [0.1, 0.15) is 18.1 Å². The number of hydrogen-bond acceptors (Lipinski definition) is 5. The number of anilines is 2. The van der Waals surface area contributed by atoms with Crippen molar-refractivity contribution < 1.29 is 14.3 Å². The number of aryl methyl sites for hydroxylation is 2. The van der Waals surface area contributed by atoms with Crippen molar-refractivity contribution in [2.75, 3.05) is 16.8 Å². The summed E-state index contributed by atoms with van der Waals surface area (Å²) in [6.45, 7) is 6.50. The third-order valence-electron chi connectivity index (χ3n) is 5.19. The summed E-state index contributed by atoms with van der Waals surface area (Å²) in [4.78, 5) is 29.3. The van der Waals surface area contributed by atoms with Crippen LogP contribution >= 0.6 is 11.8 Å². The van der Waals surface area contributed by atoms with Gasteiger partial charge in [0.05, 0.1) is 12.3 Å². The van der Waals surface area contributed by atoms with E-state index < -0.39 is 0 Å². The van der Waals surface area contributed by atoms with Crippen LogP contribution in [0.3, 0.4) is 0 Å². The highest BCUT2D eigenvalue weighted by atomic mass is 32.2. The molecule has 0 unspecified atom stereocenters. The maximum atomic E-state index is 13.4. The molecule has 1 aliphatic heterocycles. The van der Waals surface area contributed by atoms with Crippen molar-refractivity contribution >= 4 is 35.0 Å². The van der Waals surface area contributed by atoms with Gasteiger partial charge in [0.2, 0.25) is 0 Å². The van der Waals surface area contributed by atoms with E-state index in [2.05, 4.69) is 5.32 Å². The summed E-state index contributed by atoms with van der Waals surface area (Å²) in [5, 5.41) is 3.21. The highest BCUT2D eigenvalue weighted by molar-refractivity contribution is 8.04. The molecule has 4 rings (SSSR count). The highest BCUT2D eigenvalue weighted by Crippen LogP contribution is 2.38. The first-order chi connectivity index (χ1) is 15.5. The molecule has 3 aromatic rings. The molecule has 32 heavy (non-hydrogen) atoms. The smallest absolute Gasteiger partial charge is 0.283 e. The number of nitrogens with one attached hydrogen (secondary N) is 1. The number of benzene rings is 3. The zero-order valence-electron chi connectivity index (χ0n) is 18.2. The third-order valence-corrected chi connectivity index (χ3v) is 6.28. The van der Waals surface area contributed by atoms with Crippen LogP contribution in [0.5, 0.6) is 5.75 Å². The fourth-order valence-electron chi connectivity index (χ4n) is 3.38. The van der Waals surface area contributed by atoms with E-state index in [1.54, 1.807) is 24.3 Å². The van der Waals surface area contributed by atoms with Crippen molar-refractivity contribution in [3.05, 3.63) is 94.5 Å². The van der Waals surface area contributed by atoms with Crippen molar-refractivity contribution in [2.24, 2.45) is 0 Å². The maximum absolute atomic E-state index is 13.4. The topological polar surface area (TPSA) is 58.6 Å². The number of carbonyl (C=O) groups excluding carboxylic acids is 2. The van der Waals surface area contributed by atoms with Gasteiger partial charge >= 0.3 is 0 Å². The largest absolute Gasteiger partial charge is 0.494 e. The van der Waals surface area contributed by atoms with Crippen LogP contribution in [0.2, 0.25) is 0 Å². The molecular weight excluding hydrogens is 420 g/mol. The van der Waals surface area contributed by atoms with Crippen LogP contribution in [0.25, 0.3) is 0 Å². The van der Waals surface area contributed by atoms with Gasteiger partial charge in [-0.3, -0.25) is 9.59 Å². The van der Waals surface area contributed by atoms with E-state index in [1.165, 1.54) is 16.7 Å². The average molecular weight is 445 g/mol. The number of rotatable bonds is 7. The molecule has 0 bridgehead atoms. The van der Waals surface area contributed by atoms with E-state index in [1.807, 2.05) is 69.3 Å². The molecule has 0 aromatic heterocycles. The van der Waals surface area contributed by atoms with Crippen molar-refractivity contribution in [3.63, 3.8) is 0 Å². The van der Waals surface area contributed by atoms with Gasteiger partial charge in [0.25, 0.3) is 11.8 Å². The fraction of sp³-hybridized carbons (Fsp3) is 0.154. The number of imide groups is 1. The molecule has 5 nitrogen and oxygen atoms in total. The van der Waals surface area contributed by atoms with E-state index >= 15 is 0 Å². The van der Waals surface area contributed by atoms with Crippen LogP contribution in [0.15, 0.2) is 88.3 Å². The lowest BCUT2D eigenvalue weighted by atomic mass is 10.1. The van der Waals surface area contributed by atoms with Crippen molar-refractivity contribution in [1.82, 2.24) is 0 Å². The van der Waals surface area contributed by atoms with Crippen LogP contribution in [-0.2, 0) is 9.59 Å². The van der Waals surface area contributed by atoms with Crippen molar-refractivity contribution in [1.29, 1.82) is 0 Å². The molecule has 1 aliphatic rings. The molecule has 2 amide bonds. The molecule has 0 spiro atoms. The minimum absolute atomic E-state index is 0.279. The number of amides is 2. The molecule has 3 aromatic carbocycles. The maximum Gasteiger partial charge on any atom is 0.283 e. The van der Waals surface area contributed by atoms with Gasteiger partial charge in [-0.2, -0.15) is 0 Å². The number of nitrogens with zero attached hydrogens (tertiary/aromatic N) is 1. The molecule has 1 heterocycles. The van der Waals surface area contributed by atoms with E-state index in [4.69, 9.17) is 4.74 Å². The lowest BCUT2D eigenvalue weighted by molar-refractivity contribution is -0.120. The molecule has 0 atom stereocenters. The third kappa shape index (κ3) is 4.41. The Hall–Kier alpha value is -3.51. The molecule has 0 saturated carbocycles. The van der Waals surface area contributed by atoms with Gasteiger partial charge in [0.15, 0.2) is 0 Å². The van der Waals surface area contributed by atoms with Gasteiger partial charge in [0, 0.05) is 10.6 Å². The fourth-order valence-corrected chi connectivity index (χ4v) is 4.32. The molecule has 0 radical (unpaired) electrons. The summed E-state index contributed by atoms with van der Waals surface area (Å²) >= 11 is 1.29. The standard InChI is InChI=1S/C26H24N2O3S/c1-4-31-21-14-12-20(13-15-21)28-25(29)23(27-19-11-10-17(2)18(3)16-19)24(26(28)30)32-22-8-6-5-7-9-22/h5-16,27H,4H2,1-3H3. The quantitative estimate of drug-likeness (QED) is 0.474. The Labute approximate surface area is 192 Å². The zero-order valence-corrected chi connectivity index (χ0v) is 19.0. The minimum atomic E-state index is -0.379. The first-order valence-electron chi connectivity index (χ1n) is 10.4. The van der Waals surface area contributed by atoms with E-state index in [0.29, 0.717) is 22.9 Å². The van der Waals surface area contributed by atoms with Crippen molar-refractivity contribution in [2.45, 2.75) is 25.7 Å². The SMILES string of the molecule is CCOc1ccc(N2C(=O)C(Nc3ccc(C)c(C)c3)=C(Sc3ccccc3)C2=O)cc1. The summed E-state index contributed by atoms with van der Waals surface area (Å²) < 4.78 is 5.48. The van der Waals surface area contributed by atoms with Gasteiger partial charge in [-0.15, -0.1) is 0 Å². The highest BCUT2D eigenvalue weighted by Gasteiger charge is 2.40. The number of carbonyl (C=O) groups is 2. The van der Waals surface area contributed by atoms with Crippen molar-refractivity contribution in [3.8, 4) is 5.75 Å². The molecule has 0 aliphatic carbocycles. The molecule has 162 valence electrons. The number of hydrogen-bond donors (Lipinski definition) is 1. The summed E-state index contributed by atoms with van der Waals surface area (Å²) in [5.41, 5.74) is 3.82. The van der Waals surface area contributed by atoms with Gasteiger partial charge in [-0.1, -0.05) is 36.0 Å². The Morgan fingerprint density at radius 3 is 2.25 bits per heavy atom. The number of ether oxygens (including phenoxy) is 1. The Balaban J connectivity index is 1.71. The normalized spacial score (nSPS) is 13.7. The summed E-state index contributed by atoms with van der Waals surface area (Å²) in [7, 11) is 0. The summed E-state index contributed by atoms with van der Waals surface area (Å²) in [5.74, 6) is -0.0363. The lowest BCUT2D eigenvalue weighted by Crippen LogP contribution is -2.32. The van der Waals surface area contributed by atoms with Gasteiger partial charge in [-0.25, -0.2) is 4.90 Å². The van der Waals surface area contributed by atoms with Gasteiger partial charge < -0.3 is 10.1 Å². The molecule has 0 fully saturated rings. The van der Waals surface area contributed by atoms with Crippen LogP contribution < -0.4 is 15.0 Å². The Morgan fingerprint density at radius 2 is 1.59 bits per heavy atom. The van der Waals surface area contributed by atoms with Crippen LogP contribution in [-0.4, -0.2) is 18.4 Å². The van der Waals surface area contributed by atoms with E-state index in [9.17, 15) is 9.59 Å². The number of thioether (sulfide) groups is 1. The Kier molecular flexibility index (Phi) is 6.32.